The van der Waals surface area contributed by atoms with Crippen LogP contribution in [0.25, 0.3) is 11.0 Å². The van der Waals surface area contributed by atoms with E-state index in [1.165, 1.54) is 6.07 Å². The summed E-state index contributed by atoms with van der Waals surface area (Å²) in [6.07, 6.45) is 0.894. The Morgan fingerprint density at radius 2 is 2.22 bits per heavy atom. The smallest absolute Gasteiger partial charge is 0.178 e. The Balaban J connectivity index is 2.29. The summed E-state index contributed by atoms with van der Waals surface area (Å²) in [5, 5.41) is 0. The number of rotatable bonds is 5. The van der Waals surface area contributed by atoms with E-state index in [2.05, 4.69) is 4.98 Å². The van der Waals surface area contributed by atoms with Gasteiger partial charge in [0.1, 0.15) is 5.82 Å². The lowest BCUT2D eigenvalue weighted by Crippen LogP contribution is -2.03. The molecule has 1 aromatic carbocycles. The van der Waals surface area contributed by atoms with E-state index >= 15 is 0 Å². The number of hydrogen-bond acceptors (Lipinski definition) is 2. The minimum Gasteiger partial charge on any atom is -0.382 e. The Morgan fingerprint density at radius 1 is 1.44 bits per heavy atom. The average molecular weight is 268 g/mol. The minimum absolute atomic E-state index is 0.208. The zero-order valence-electron chi connectivity index (χ0n) is 10.6. The van der Waals surface area contributed by atoms with Crippen LogP contribution in [0.3, 0.4) is 0 Å². The molecule has 0 fully saturated rings. The van der Waals surface area contributed by atoms with Crippen molar-refractivity contribution in [1.82, 2.24) is 9.55 Å². The van der Waals surface area contributed by atoms with Gasteiger partial charge >= 0.3 is 0 Å². The van der Waals surface area contributed by atoms with Gasteiger partial charge in [-0.15, -0.1) is 0 Å². The first-order valence-electron chi connectivity index (χ1n) is 6.10. The molecule has 1 aromatic heterocycles. The molecule has 0 radical (unpaired) electrons. The van der Waals surface area contributed by atoms with Gasteiger partial charge in [0.25, 0.3) is 0 Å². The summed E-state index contributed by atoms with van der Waals surface area (Å²) >= 11 is 5.26. The summed E-state index contributed by atoms with van der Waals surface area (Å²) in [5.74, 6) is -0.208. The SMILES string of the molecule is CCOCCCn1c(=S)[nH]c2cc(F)c(C)cc21. The number of halogens is 1. The Kier molecular flexibility index (Phi) is 4.14. The van der Waals surface area contributed by atoms with E-state index in [4.69, 9.17) is 17.0 Å². The molecule has 2 rings (SSSR count). The van der Waals surface area contributed by atoms with Crippen molar-refractivity contribution in [3.05, 3.63) is 28.3 Å². The molecule has 2 aromatic rings. The monoisotopic (exact) mass is 268 g/mol. The van der Waals surface area contributed by atoms with Gasteiger partial charge in [0, 0.05) is 19.8 Å². The molecule has 3 nitrogen and oxygen atoms in total. The lowest BCUT2D eigenvalue weighted by atomic mass is 10.2. The number of imidazole rings is 1. The Labute approximate surface area is 111 Å². The standard InChI is InChI=1S/C13H17FN2OS/c1-3-17-6-4-5-16-12-7-9(2)10(14)8-11(12)15-13(16)18/h7-8H,3-6H2,1-2H3,(H,15,18). The van der Waals surface area contributed by atoms with Gasteiger partial charge in [0.15, 0.2) is 4.77 Å². The number of aromatic amines is 1. The molecule has 0 aliphatic rings. The van der Waals surface area contributed by atoms with Crippen molar-refractivity contribution in [3.8, 4) is 0 Å². The third-order valence-corrected chi connectivity index (χ3v) is 3.25. The molecule has 0 aliphatic heterocycles. The van der Waals surface area contributed by atoms with E-state index in [0.717, 1.165) is 30.6 Å². The molecule has 1 heterocycles. The number of hydrogen-bond donors (Lipinski definition) is 1. The third kappa shape index (κ3) is 2.62. The number of nitrogens with zero attached hydrogens (tertiary/aromatic N) is 1. The van der Waals surface area contributed by atoms with Crippen LogP contribution in [0.2, 0.25) is 0 Å². The van der Waals surface area contributed by atoms with Crippen LogP contribution in [0.5, 0.6) is 0 Å². The lowest BCUT2D eigenvalue weighted by molar-refractivity contribution is 0.142. The van der Waals surface area contributed by atoms with Gasteiger partial charge in [0.05, 0.1) is 11.0 Å². The summed E-state index contributed by atoms with van der Waals surface area (Å²) in [4.78, 5) is 3.03. The fraction of sp³-hybridized carbons (Fsp3) is 0.462. The third-order valence-electron chi connectivity index (χ3n) is 2.93. The average Bonchev–Trinajstić information content (AvgIpc) is 2.62. The van der Waals surface area contributed by atoms with Crippen molar-refractivity contribution in [3.63, 3.8) is 0 Å². The molecule has 98 valence electrons. The molecule has 0 bridgehead atoms. The van der Waals surface area contributed by atoms with Crippen LogP contribution in [0.15, 0.2) is 12.1 Å². The fourth-order valence-electron chi connectivity index (χ4n) is 1.97. The van der Waals surface area contributed by atoms with Crippen molar-refractivity contribution in [2.45, 2.75) is 26.8 Å². The summed E-state index contributed by atoms with van der Waals surface area (Å²) in [7, 11) is 0. The van der Waals surface area contributed by atoms with Crippen molar-refractivity contribution >= 4 is 23.3 Å². The molecule has 0 spiro atoms. The Morgan fingerprint density at radius 3 is 2.94 bits per heavy atom. The van der Waals surface area contributed by atoms with Gasteiger partial charge in [0.2, 0.25) is 0 Å². The molecule has 0 saturated carbocycles. The zero-order valence-corrected chi connectivity index (χ0v) is 11.4. The van der Waals surface area contributed by atoms with E-state index < -0.39 is 0 Å². The van der Waals surface area contributed by atoms with Crippen LogP contribution < -0.4 is 0 Å². The first kappa shape index (κ1) is 13.2. The number of fused-ring (bicyclic) bond motifs is 1. The summed E-state index contributed by atoms with van der Waals surface area (Å²) < 4.78 is 21.4. The number of nitrogens with one attached hydrogen (secondary N) is 1. The normalized spacial score (nSPS) is 11.3. The van der Waals surface area contributed by atoms with Crippen molar-refractivity contribution in [2.75, 3.05) is 13.2 Å². The fourth-order valence-corrected chi connectivity index (χ4v) is 2.27. The maximum Gasteiger partial charge on any atom is 0.178 e. The van der Waals surface area contributed by atoms with Gasteiger partial charge in [-0.1, -0.05) is 0 Å². The highest BCUT2D eigenvalue weighted by atomic mass is 32.1. The van der Waals surface area contributed by atoms with E-state index in [0.29, 0.717) is 16.9 Å². The van der Waals surface area contributed by atoms with Crippen LogP contribution in [-0.2, 0) is 11.3 Å². The Hall–Kier alpha value is -1.20. The number of aromatic nitrogens is 2. The van der Waals surface area contributed by atoms with Crippen LogP contribution in [0.1, 0.15) is 18.9 Å². The van der Waals surface area contributed by atoms with E-state index in [9.17, 15) is 4.39 Å². The van der Waals surface area contributed by atoms with Gasteiger partial charge in [-0.25, -0.2) is 4.39 Å². The molecular formula is C13H17FN2OS. The van der Waals surface area contributed by atoms with E-state index in [1.54, 1.807) is 6.92 Å². The lowest BCUT2D eigenvalue weighted by Gasteiger charge is -2.05. The first-order chi connectivity index (χ1) is 8.63. The van der Waals surface area contributed by atoms with Crippen LogP contribution in [0.4, 0.5) is 4.39 Å². The quantitative estimate of drug-likeness (QED) is 0.663. The molecule has 0 amide bonds. The van der Waals surface area contributed by atoms with E-state index in [1.807, 2.05) is 17.6 Å². The second kappa shape index (κ2) is 5.63. The van der Waals surface area contributed by atoms with Gasteiger partial charge in [-0.05, 0) is 50.2 Å². The predicted octanol–water partition coefficient (Wildman–Crippen LogP) is 3.57. The van der Waals surface area contributed by atoms with Gasteiger partial charge in [-0.2, -0.15) is 0 Å². The number of H-pyrrole nitrogens is 1. The number of benzene rings is 1. The second-order valence-electron chi connectivity index (χ2n) is 4.25. The highest BCUT2D eigenvalue weighted by Gasteiger charge is 2.07. The largest absolute Gasteiger partial charge is 0.382 e. The topological polar surface area (TPSA) is 29.9 Å². The van der Waals surface area contributed by atoms with Gasteiger partial charge in [-0.3, -0.25) is 0 Å². The molecule has 5 heteroatoms. The maximum atomic E-state index is 13.5. The van der Waals surface area contributed by atoms with Crippen molar-refractivity contribution < 1.29 is 9.13 Å². The molecule has 0 unspecified atom stereocenters. The molecule has 0 saturated heterocycles. The second-order valence-corrected chi connectivity index (χ2v) is 4.64. The molecule has 0 aliphatic carbocycles. The van der Waals surface area contributed by atoms with Crippen molar-refractivity contribution in [2.24, 2.45) is 0 Å². The van der Waals surface area contributed by atoms with Gasteiger partial charge < -0.3 is 14.3 Å². The highest BCUT2D eigenvalue weighted by molar-refractivity contribution is 7.71. The number of aryl methyl sites for hydroxylation is 2. The molecule has 0 atom stereocenters. The predicted molar refractivity (Wildman–Crippen MR) is 72.9 cm³/mol. The first-order valence-corrected chi connectivity index (χ1v) is 6.50. The molecule has 18 heavy (non-hydrogen) atoms. The summed E-state index contributed by atoms with van der Waals surface area (Å²) in [6.45, 7) is 5.96. The molecular weight excluding hydrogens is 251 g/mol. The zero-order chi connectivity index (χ0) is 13.1. The maximum absolute atomic E-state index is 13.5. The summed E-state index contributed by atoms with van der Waals surface area (Å²) in [5.41, 5.74) is 2.34. The number of ether oxygens (including phenoxy) is 1. The molecule has 1 N–H and O–H groups in total. The van der Waals surface area contributed by atoms with E-state index in [-0.39, 0.29) is 5.82 Å². The summed E-state index contributed by atoms with van der Waals surface area (Å²) in [6, 6.07) is 3.33. The van der Waals surface area contributed by atoms with Crippen LogP contribution >= 0.6 is 12.2 Å². The van der Waals surface area contributed by atoms with Crippen LogP contribution in [-0.4, -0.2) is 22.8 Å². The van der Waals surface area contributed by atoms with Crippen molar-refractivity contribution in [1.29, 1.82) is 0 Å². The highest BCUT2D eigenvalue weighted by Crippen LogP contribution is 2.19. The minimum atomic E-state index is -0.208. The van der Waals surface area contributed by atoms with Crippen LogP contribution in [0, 0.1) is 17.5 Å². The Bertz CT molecular complexity index is 603.